The van der Waals surface area contributed by atoms with Crippen molar-refractivity contribution in [3.05, 3.63) is 59.7 Å². The second-order valence-corrected chi connectivity index (χ2v) is 6.93. The van der Waals surface area contributed by atoms with Gasteiger partial charge in [-0.25, -0.2) is 0 Å². The molecule has 144 valence electrons. The average molecular weight is 368 g/mol. The van der Waals surface area contributed by atoms with Gasteiger partial charge in [-0.2, -0.15) is 0 Å². The molecule has 27 heavy (non-hydrogen) atoms. The Hall–Kier alpha value is -2.57. The smallest absolute Gasteiger partial charge is 0.122 e. The number of piperidine rings is 1. The molecule has 1 fully saturated rings. The van der Waals surface area contributed by atoms with Crippen molar-refractivity contribution in [2.45, 2.75) is 31.4 Å². The first kappa shape index (κ1) is 19.2. The van der Waals surface area contributed by atoms with Crippen molar-refractivity contribution in [3.63, 3.8) is 0 Å². The van der Waals surface area contributed by atoms with E-state index in [1.54, 1.807) is 12.1 Å². The molecule has 2 aromatic carbocycles. The fourth-order valence-corrected chi connectivity index (χ4v) is 3.13. The Morgan fingerprint density at radius 3 is 2.56 bits per heavy atom. The minimum Gasteiger partial charge on any atom is -0.492 e. The number of rotatable bonds is 8. The molecule has 1 aliphatic heterocycles. The van der Waals surface area contributed by atoms with Gasteiger partial charge in [-0.3, -0.25) is 5.41 Å². The van der Waals surface area contributed by atoms with Gasteiger partial charge in [0.2, 0.25) is 0 Å². The standard InChI is InChI=1S/C21H28N4O2/c22-17(14-26-20-3-1-2-16(13-20)21(23)24)12-15-4-6-18(7-5-15)27-19-8-10-25-11-9-19/h1-7,13,17,19,25H,8-12,14,22H2,(H3,23,24)/t17-/m0/s1. The lowest BCUT2D eigenvalue weighted by molar-refractivity contribution is 0.162. The Kier molecular flexibility index (Phi) is 6.68. The minimum atomic E-state index is -0.123. The Bertz CT molecular complexity index is 742. The maximum absolute atomic E-state index is 7.48. The van der Waals surface area contributed by atoms with E-state index in [1.807, 2.05) is 24.3 Å². The molecule has 0 amide bonds. The van der Waals surface area contributed by atoms with Crippen molar-refractivity contribution in [1.82, 2.24) is 5.32 Å². The molecular weight excluding hydrogens is 340 g/mol. The molecule has 0 aromatic heterocycles. The zero-order valence-electron chi connectivity index (χ0n) is 15.5. The highest BCUT2D eigenvalue weighted by Gasteiger charge is 2.14. The van der Waals surface area contributed by atoms with Crippen LogP contribution in [0.3, 0.4) is 0 Å². The lowest BCUT2D eigenvalue weighted by Gasteiger charge is -2.24. The Balaban J connectivity index is 1.46. The van der Waals surface area contributed by atoms with Crippen LogP contribution in [0.2, 0.25) is 0 Å². The monoisotopic (exact) mass is 368 g/mol. The van der Waals surface area contributed by atoms with E-state index in [0.29, 0.717) is 24.0 Å². The summed E-state index contributed by atoms with van der Waals surface area (Å²) in [7, 11) is 0. The number of nitrogen functional groups attached to an aromatic ring is 1. The minimum absolute atomic E-state index is 0.0246. The molecule has 3 rings (SSSR count). The predicted octanol–water partition coefficient (Wildman–Crippen LogP) is 2.05. The van der Waals surface area contributed by atoms with Crippen molar-refractivity contribution < 1.29 is 9.47 Å². The van der Waals surface area contributed by atoms with Gasteiger partial charge in [-0.05, 0) is 62.2 Å². The quantitative estimate of drug-likeness (QED) is 0.421. The third-order valence-corrected chi connectivity index (χ3v) is 4.62. The lowest BCUT2D eigenvalue weighted by atomic mass is 10.1. The second-order valence-electron chi connectivity index (χ2n) is 6.93. The van der Waals surface area contributed by atoms with E-state index < -0.39 is 0 Å². The molecule has 0 aliphatic carbocycles. The van der Waals surface area contributed by atoms with Crippen molar-refractivity contribution in [3.8, 4) is 11.5 Å². The first-order chi connectivity index (χ1) is 13.1. The van der Waals surface area contributed by atoms with E-state index in [2.05, 4.69) is 17.4 Å². The van der Waals surface area contributed by atoms with Crippen molar-refractivity contribution in [2.75, 3.05) is 19.7 Å². The van der Waals surface area contributed by atoms with Crippen LogP contribution >= 0.6 is 0 Å². The number of nitrogens with two attached hydrogens (primary N) is 2. The summed E-state index contributed by atoms with van der Waals surface area (Å²) in [4.78, 5) is 0. The maximum atomic E-state index is 7.48. The van der Waals surface area contributed by atoms with Crippen LogP contribution in [0.4, 0.5) is 0 Å². The van der Waals surface area contributed by atoms with E-state index in [-0.39, 0.29) is 11.9 Å². The highest BCUT2D eigenvalue weighted by atomic mass is 16.5. The van der Waals surface area contributed by atoms with Crippen LogP contribution in [0.1, 0.15) is 24.0 Å². The normalized spacial score (nSPS) is 15.9. The summed E-state index contributed by atoms with van der Waals surface area (Å²) in [5.41, 5.74) is 13.5. The molecule has 0 unspecified atom stereocenters. The van der Waals surface area contributed by atoms with E-state index in [0.717, 1.165) is 43.7 Å². The molecule has 6 N–H and O–H groups in total. The SMILES string of the molecule is N=C(N)c1cccc(OC[C@@H](N)Cc2ccc(OC3CCNCC3)cc2)c1. The van der Waals surface area contributed by atoms with E-state index >= 15 is 0 Å². The fraction of sp³-hybridized carbons (Fsp3) is 0.381. The van der Waals surface area contributed by atoms with E-state index in [1.165, 1.54) is 0 Å². The molecular formula is C21H28N4O2. The number of benzene rings is 2. The third kappa shape index (κ3) is 5.98. The molecule has 6 nitrogen and oxygen atoms in total. The molecule has 0 saturated carbocycles. The van der Waals surface area contributed by atoms with Crippen LogP contribution in [0.5, 0.6) is 11.5 Å². The van der Waals surface area contributed by atoms with Crippen LogP contribution in [-0.4, -0.2) is 37.7 Å². The first-order valence-corrected chi connectivity index (χ1v) is 9.39. The zero-order chi connectivity index (χ0) is 19.1. The molecule has 1 atom stereocenters. The van der Waals surface area contributed by atoms with Gasteiger partial charge in [0.05, 0.1) is 0 Å². The topological polar surface area (TPSA) is 106 Å². The second kappa shape index (κ2) is 9.39. The average Bonchev–Trinajstić information content (AvgIpc) is 2.69. The summed E-state index contributed by atoms with van der Waals surface area (Å²) < 4.78 is 11.8. The van der Waals surface area contributed by atoms with Crippen molar-refractivity contribution in [1.29, 1.82) is 5.41 Å². The van der Waals surface area contributed by atoms with E-state index in [9.17, 15) is 0 Å². The van der Waals surface area contributed by atoms with Gasteiger partial charge in [0.25, 0.3) is 0 Å². The molecule has 1 saturated heterocycles. The van der Waals surface area contributed by atoms with Gasteiger partial charge in [0.15, 0.2) is 0 Å². The van der Waals surface area contributed by atoms with Gasteiger partial charge >= 0.3 is 0 Å². The molecule has 2 aromatic rings. The number of amidine groups is 1. The Morgan fingerprint density at radius 2 is 1.85 bits per heavy atom. The number of nitrogens with one attached hydrogen (secondary N) is 2. The molecule has 6 heteroatoms. The first-order valence-electron chi connectivity index (χ1n) is 9.39. The number of ether oxygens (including phenoxy) is 2. The fourth-order valence-electron chi connectivity index (χ4n) is 3.13. The van der Waals surface area contributed by atoms with Gasteiger partial charge in [0, 0.05) is 11.6 Å². The summed E-state index contributed by atoms with van der Waals surface area (Å²) in [5, 5.41) is 10.8. The van der Waals surface area contributed by atoms with Crippen LogP contribution in [0, 0.1) is 5.41 Å². The van der Waals surface area contributed by atoms with Gasteiger partial charge < -0.3 is 26.3 Å². The van der Waals surface area contributed by atoms with Crippen LogP contribution in [0.15, 0.2) is 48.5 Å². The Labute approximate surface area is 160 Å². The molecule has 1 aliphatic rings. The maximum Gasteiger partial charge on any atom is 0.122 e. The van der Waals surface area contributed by atoms with Crippen molar-refractivity contribution in [2.24, 2.45) is 11.5 Å². The van der Waals surface area contributed by atoms with E-state index in [4.69, 9.17) is 26.4 Å². The zero-order valence-corrected chi connectivity index (χ0v) is 15.5. The highest BCUT2D eigenvalue weighted by Crippen LogP contribution is 2.18. The summed E-state index contributed by atoms with van der Waals surface area (Å²) in [6.45, 7) is 2.44. The Morgan fingerprint density at radius 1 is 1.11 bits per heavy atom. The summed E-state index contributed by atoms with van der Waals surface area (Å²) in [6.07, 6.45) is 3.13. The van der Waals surface area contributed by atoms with Crippen LogP contribution < -0.4 is 26.3 Å². The van der Waals surface area contributed by atoms with Crippen LogP contribution in [-0.2, 0) is 6.42 Å². The largest absolute Gasteiger partial charge is 0.492 e. The molecule has 1 heterocycles. The summed E-state index contributed by atoms with van der Waals surface area (Å²) in [5.74, 6) is 1.61. The predicted molar refractivity (Wildman–Crippen MR) is 108 cm³/mol. The third-order valence-electron chi connectivity index (χ3n) is 4.62. The molecule has 0 spiro atoms. The summed E-state index contributed by atoms with van der Waals surface area (Å²) >= 11 is 0. The summed E-state index contributed by atoms with van der Waals surface area (Å²) in [6, 6.07) is 15.2. The van der Waals surface area contributed by atoms with Gasteiger partial charge in [0.1, 0.15) is 30.0 Å². The lowest BCUT2D eigenvalue weighted by Crippen LogP contribution is -2.34. The van der Waals surface area contributed by atoms with Gasteiger partial charge in [-0.1, -0.05) is 24.3 Å². The molecule has 0 radical (unpaired) electrons. The number of hydrogen-bond acceptors (Lipinski definition) is 5. The van der Waals surface area contributed by atoms with Crippen LogP contribution in [0.25, 0.3) is 0 Å². The van der Waals surface area contributed by atoms with Crippen molar-refractivity contribution >= 4 is 5.84 Å². The number of hydrogen-bond donors (Lipinski definition) is 4. The van der Waals surface area contributed by atoms with Gasteiger partial charge in [-0.15, -0.1) is 0 Å². The molecule has 0 bridgehead atoms. The highest BCUT2D eigenvalue weighted by molar-refractivity contribution is 5.95.